The predicted octanol–water partition coefficient (Wildman–Crippen LogP) is 5.81. The normalized spacial score (nSPS) is 41.9. The van der Waals surface area contributed by atoms with Crippen molar-refractivity contribution in [1.29, 1.82) is 0 Å². The summed E-state index contributed by atoms with van der Waals surface area (Å²) in [6.45, 7) is 2.15. The first kappa shape index (κ1) is 19.1. The van der Waals surface area contributed by atoms with Crippen molar-refractivity contribution in [3.8, 4) is 0 Å². The number of methoxy groups -OCH3 is 1. The third kappa shape index (κ3) is 4.87. The van der Waals surface area contributed by atoms with Gasteiger partial charge in [0.25, 0.3) is 0 Å². The maximum atomic E-state index is 14.6. The van der Waals surface area contributed by atoms with Crippen LogP contribution in [0, 0.1) is 17.8 Å². The Morgan fingerprint density at radius 3 is 2.35 bits per heavy atom. The van der Waals surface area contributed by atoms with Crippen LogP contribution in [0.5, 0.6) is 0 Å². The highest BCUT2D eigenvalue weighted by Gasteiger charge is 2.45. The van der Waals surface area contributed by atoms with Gasteiger partial charge in [0, 0.05) is 7.11 Å². The minimum Gasteiger partial charge on any atom is -0.378 e. The average molecular weight is 334 g/mol. The molecule has 2 rings (SSSR count). The van der Waals surface area contributed by atoms with Crippen molar-refractivity contribution < 1.29 is 17.9 Å². The minimum atomic E-state index is -1.41. The highest BCUT2D eigenvalue weighted by Crippen LogP contribution is 2.44. The van der Waals surface area contributed by atoms with Gasteiger partial charge in [-0.1, -0.05) is 32.6 Å². The van der Waals surface area contributed by atoms with E-state index < -0.39 is 18.5 Å². The molecule has 23 heavy (non-hydrogen) atoms. The van der Waals surface area contributed by atoms with E-state index in [1.165, 1.54) is 13.5 Å². The van der Waals surface area contributed by atoms with Crippen molar-refractivity contribution in [2.75, 3.05) is 7.11 Å². The Hall–Kier alpha value is -0.250. The largest absolute Gasteiger partial charge is 0.378 e. The summed E-state index contributed by atoms with van der Waals surface area (Å²) in [6, 6.07) is 0. The van der Waals surface area contributed by atoms with Crippen molar-refractivity contribution in [2.24, 2.45) is 17.8 Å². The number of unbranched alkanes of at least 4 members (excludes halogenated alkanes) is 3. The molecule has 0 spiro atoms. The molecule has 1 nitrogen and oxygen atoms in total. The Balaban J connectivity index is 1.82. The molecule has 7 unspecified atom stereocenters. The van der Waals surface area contributed by atoms with Gasteiger partial charge in [0.15, 0.2) is 0 Å². The lowest BCUT2D eigenvalue weighted by Gasteiger charge is -2.42. The molecule has 0 saturated heterocycles. The molecule has 4 heteroatoms. The molecule has 0 aliphatic heterocycles. The molecular weight excluding hydrogens is 301 g/mol. The van der Waals surface area contributed by atoms with Gasteiger partial charge in [-0.05, 0) is 56.3 Å². The van der Waals surface area contributed by atoms with Crippen LogP contribution in [0.1, 0.15) is 71.1 Å². The fourth-order valence-electron chi connectivity index (χ4n) is 4.63. The van der Waals surface area contributed by atoms with Crippen LogP contribution in [0.2, 0.25) is 0 Å². The number of halogens is 3. The first-order chi connectivity index (χ1) is 11.1. The summed E-state index contributed by atoms with van der Waals surface area (Å²) in [6.07, 6.45) is 4.30. The van der Waals surface area contributed by atoms with E-state index in [1.54, 1.807) is 0 Å². The molecule has 7 atom stereocenters. The van der Waals surface area contributed by atoms with Crippen LogP contribution in [-0.4, -0.2) is 31.7 Å². The van der Waals surface area contributed by atoms with Gasteiger partial charge in [0.2, 0.25) is 0 Å². The van der Waals surface area contributed by atoms with Crippen molar-refractivity contribution in [3.05, 3.63) is 0 Å². The van der Waals surface area contributed by atoms with Gasteiger partial charge < -0.3 is 4.74 Å². The quantitative estimate of drug-likeness (QED) is 0.534. The Kier molecular flexibility index (Phi) is 7.71. The van der Waals surface area contributed by atoms with Gasteiger partial charge in [-0.25, -0.2) is 13.2 Å². The fourth-order valence-corrected chi connectivity index (χ4v) is 4.63. The minimum absolute atomic E-state index is 0.0225. The molecule has 0 radical (unpaired) electrons. The molecule has 2 saturated carbocycles. The Bertz CT molecular complexity index is 339. The van der Waals surface area contributed by atoms with Crippen molar-refractivity contribution in [2.45, 2.75) is 95.8 Å². The summed E-state index contributed by atoms with van der Waals surface area (Å²) in [5.74, 6) is -0.451. The maximum absolute atomic E-state index is 14.6. The van der Waals surface area contributed by atoms with Crippen molar-refractivity contribution >= 4 is 0 Å². The highest BCUT2D eigenvalue weighted by atomic mass is 19.2. The molecule has 136 valence electrons. The molecule has 0 heterocycles. The molecular formula is C19H33F3O. The van der Waals surface area contributed by atoms with Crippen LogP contribution < -0.4 is 0 Å². The monoisotopic (exact) mass is 334 g/mol. The standard InChI is InChI=1S/C19H33F3O/c1-3-4-5-6-7-13-8-10-15(19(22)18(13)21)14-9-11-17(23-2)16(20)12-14/h13-19H,3-12H2,1-2H3. The first-order valence-electron chi connectivity index (χ1n) is 9.53. The summed E-state index contributed by atoms with van der Waals surface area (Å²) in [5, 5.41) is 0. The molecule has 0 bridgehead atoms. The van der Waals surface area contributed by atoms with Gasteiger partial charge in [0.1, 0.15) is 18.5 Å². The predicted molar refractivity (Wildman–Crippen MR) is 87.8 cm³/mol. The van der Waals surface area contributed by atoms with Crippen molar-refractivity contribution in [1.82, 2.24) is 0 Å². The van der Waals surface area contributed by atoms with Gasteiger partial charge in [-0.15, -0.1) is 0 Å². The zero-order valence-electron chi connectivity index (χ0n) is 14.7. The SMILES string of the molecule is CCCCCCC1CCC(C2CCC(OC)C(F)C2)C(F)C1F. The zero-order chi connectivity index (χ0) is 16.8. The summed E-state index contributed by atoms with van der Waals surface area (Å²) >= 11 is 0. The van der Waals surface area contributed by atoms with E-state index in [4.69, 9.17) is 4.74 Å². The Labute approximate surface area is 139 Å². The number of hydrogen-bond donors (Lipinski definition) is 0. The van der Waals surface area contributed by atoms with Crippen LogP contribution in [0.4, 0.5) is 13.2 Å². The van der Waals surface area contributed by atoms with E-state index in [-0.39, 0.29) is 23.9 Å². The third-order valence-electron chi connectivity index (χ3n) is 6.12. The second-order valence-corrected chi connectivity index (χ2v) is 7.60. The second kappa shape index (κ2) is 9.29. The van der Waals surface area contributed by atoms with Gasteiger partial charge in [0.05, 0.1) is 6.10 Å². The lowest BCUT2D eigenvalue weighted by molar-refractivity contribution is -0.0529. The number of hydrogen-bond acceptors (Lipinski definition) is 1. The topological polar surface area (TPSA) is 9.23 Å². The highest BCUT2D eigenvalue weighted by molar-refractivity contribution is 4.94. The molecule has 2 fully saturated rings. The van der Waals surface area contributed by atoms with E-state index in [1.807, 2.05) is 0 Å². The second-order valence-electron chi connectivity index (χ2n) is 7.60. The molecule has 2 aliphatic rings. The van der Waals surface area contributed by atoms with Crippen LogP contribution in [0.3, 0.4) is 0 Å². The molecule has 0 aromatic rings. The lowest BCUT2D eigenvalue weighted by atomic mass is 9.68. The van der Waals surface area contributed by atoms with E-state index in [0.29, 0.717) is 12.8 Å². The van der Waals surface area contributed by atoms with Gasteiger partial charge >= 0.3 is 0 Å². The van der Waals surface area contributed by atoms with E-state index in [9.17, 15) is 13.2 Å². The van der Waals surface area contributed by atoms with Crippen LogP contribution in [-0.2, 0) is 4.74 Å². The van der Waals surface area contributed by atoms with Crippen LogP contribution >= 0.6 is 0 Å². The third-order valence-corrected chi connectivity index (χ3v) is 6.12. The molecule has 0 N–H and O–H groups in total. The fraction of sp³-hybridized carbons (Fsp3) is 1.00. The van der Waals surface area contributed by atoms with Gasteiger partial charge in [-0.2, -0.15) is 0 Å². The van der Waals surface area contributed by atoms with E-state index in [2.05, 4.69) is 6.92 Å². The Morgan fingerprint density at radius 2 is 1.70 bits per heavy atom. The number of alkyl halides is 3. The summed E-state index contributed by atoms with van der Waals surface area (Å²) in [7, 11) is 1.52. The van der Waals surface area contributed by atoms with Gasteiger partial charge in [-0.3, -0.25) is 0 Å². The number of rotatable bonds is 7. The zero-order valence-corrected chi connectivity index (χ0v) is 14.7. The van der Waals surface area contributed by atoms with Crippen LogP contribution in [0.15, 0.2) is 0 Å². The van der Waals surface area contributed by atoms with E-state index in [0.717, 1.165) is 44.9 Å². The van der Waals surface area contributed by atoms with E-state index >= 15 is 0 Å². The molecule has 0 amide bonds. The lowest BCUT2D eigenvalue weighted by Crippen LogP contribution is -2.44. The number of ether oxygens (including phenoxy) is 1. The first-order valence-corrected chi connectivity index (χ1v) is 9.53. The summed E-state index contributed by atoms with van der Waals surface area (Å²) in [4.78, 5) is 0. The average Bonchev–Trinajstić information content (AvgIpc) is 2.55. The smallest absolute Gasteiger partial charge is 0.134 e. The molecule has 0 aromatic carbocycles. The van der Waals surface area contributed by atoms with Crippen LogP contribution in [0.25, 0.3) is 0 Å². The van der Waals surface area contributed by atoms with Crippen molar-refractivity contribution in [3.63, 3.8) is 0 Å². The summed E-state index contributed by atoms with van der Waals surface area (Å²) < 4.78 is 48.3. The summed E-state index contributed by atoms with van der Waals surface area (Å²) in [5.41, 5.74) is 0. The maximum Gasteiger partial charge on any atom is 0.134 e. The molecule has 2 aliphatic carbocycles. The Morgan fingerprint density at radius 1 is 0.913 bits per heavy atom. The molecule has 0 aromatic heterocycles.